The molecule has 2 N–H and O–H groups in total. The summed E-state index contributed by atoms with van der Waals surface area (Å²) in [5.74, 6) is -0.626. The van der Waals surface area contributed by atoms with Gasteiger partial charge in [-0.05, 0) is 17.7 Å². The summed E-state index contributed by atoms with van der Waals surface area (Å²) in [5.41, 5.74) is -1.08. The smallest absolute Gasteiger partial charge is 0.317 e. The molecule has 8 heteroatoms. The van der Waals surface area contributed by atoms with E-state index in [1.807, 2.05) is 0 Å². The second kappa shape index (κ2) is 8.58. The molecule has 3 amide bonds. The standard InChI is InChI=1S/C16H23FN4O3/c1-24-11-8-19-15(23)21-9-4-16(17,5-10-21)14(22)20-12-13-2-6-18-7-3-13/h2-3,6-7H,4-5,8-12H2,1H3,(H,19,23)(H,20,22). The van der Waals surface area contributed by atoms with Gasteiger partial charge in [0.25, 0.3) is 5.91 Å². The van der Waals surface area contributed by atoms with E-state index in [0.717, 1.165) is 5.56 Å². The Kier molecular flexibility index (Phi) is 6.48. The average molecular weight is 338 g/mol. The van der Waals surface area contributed by atoms with Crippen LogP contribution in [-0.4, -0.2) is 60.8 Å². The Morgan fingerprint density at radius 2 is 1.96 bits per heavy atom. The van der Waals surface area contributed by atoms with Gasteiger partial charge in [-0.25, -0.2) is 9.18 Å². The fourth-order valence-corrected chi connectivity index (χ4v) is 2.50. The van der Waals surface area contributed by atoms with Crippen LogP contribution in [0.1, 0.15) is 18.4 Å². The molecule has 0 aliphatic carbocycles. The topological polar surface area (TPSA) is 83.6 Å². The van der Waals surface area contributed by atoms with Crippen LogP contribution < -0.4 is 10.6 Å². The molecular formula is C16H23FN4O3. The summed E-state index contributed by atoms with van der Waals surface area (Å²) in [5, 5.41) is 5.31. The molecule has 0 spiro atoms. The number of hydrogen-bond acceptors (Lipinski definition) is 4. The van der Waals surface area contributed by atoms with Gasteiger partial charge < -0.3 is 20.3 Å². The molecule has 1 aliphatic rings. The second-order valence-electron chi connectivity index (χ2n) is 5.72. The Morgan fingerprint density at radius 1 is 1.29 bits per heavy atom. The van der Waals surface area contributed by atoms with Crippen molar-refractivity contribution in [2.24, 2.45) is 0 Å². The van der Waals surface area contributed by atoms with Crippen molar-refractivity contribution < 1.29 is 18.7 Å². The van der Waals surface area contributed by atoms with Crippen LogP contribution in [0.5, 0.6) is 0 Å². The number of pyridine rings is 1. The minimum Gasteiger partial charge on any atom is -0.383 e. The van der Waals surface area contributed by atoms with E-state index in [9.17, 15) is 14.0 Å². The van der Waals surface area contributed by atoms with Crippen LogP contribution in [0.2, 0.25) is 0 Å². The molecule has 132 valence electrons. The third-order valence-electron chi connectivity index (χ3n) is 4.03. The lowest BCUT2D eigenvalue weighted by molar-refractivity contribution is -0.135. The number of piperidine rings is 1. The van der Waals surface area contributed by atoms with Gasteiger partial charge in [-0.15, -0.1) is 0 Å². The quantitative estimate of drug-likeness (QED) is 0.754. The zero-order chi connectivity index (χ0) is 17.4. The molecule has 1 aromatic rings. The summed E-state index contributed by atoms with van der Waals surface area (Å²) < 4.78 is 19.7. The van der Waals surface area contributed by atoms with Gasteiger partial charge in [0.05, 0.1) is 6.61 Å². The van der Waals surface area contributed by atoms with E-state index in [-0.39, 0.29) is 38.5 Å². The van der Waals surface area contributed by atoms with E-state index in [4.69, 9.17) is 4.74 Å². The molecule has 0 unspecified atom stereocenters. The zero-order valence-corrected chi connectivity index (χ0v) is 13.8. The molecule has 1 aromatic heterocycles. The van der Waals surface area contributed by atoms with E-state index in [1.54, 1.807) is 31.6 Å². The maximum atomic E-state index is 14.8. The summed E-state index contributed by atoms with van der Waals surface area (Å²) in [7, 11) is 1.55. The number of carbonyl (C=O) groups is 2. The first-order chi connectivity index (χ1) is 11.5. The van der Waals surface area contributed by atoms with Crippen LogP contribution in [0.15, 0.2) is 24.5 Å². The Balaban J connectivity index is 1.78. The lowest BCUT2D eigenvalue weighted by Gasteiger charge is -2.35. The summed E-state index contributed by atoms with van der Waals surface area (Å²) >= 11 is 0. The van der Waals surface area contributed by atoms with Crippen molar-refractivity contribution in [3.63, 3.8) is 0 Å². The first-order valence-corrected chi connectivity index (χ1v) is 7.93. The van der Waals surface area contributed by atoms with Crippen molar-refractivity contribution in [2.45, 2.75) is 25.1 Å². The number of alkyl halides is 1. The largest absolute Gasteiger partial charge is 0.383 e. The predicted octanol–water partition coefficient (Wildman–Crippen LogP) is 0.858. The Morgan fingerprint density at radius 3 is 2.58 bits per heavy atom. The third kappa shape index (κ3) is 4.89. The number of halogens is 1. The van der Waals surface area contributed by atoms with Gasteiger partial charge in [-0.2, -0.15) is 0 Å². The number of likely N-dealkylation sites (tertiary alicyclic amines) is 1. The number of nitrogens with one attached hydrogen (secondary N) is 2. The molecule has 1 saturated heterocycles. The number of hydrogen-bond donors (Lipinski definition) is 2. The fraction of sp³-hybridized carbons (Fsp3) is 0.562. The number of aromatic nitrogens is 1. The highest BCUT2D eigenvalue weighted by Gasteiger charge is 2.42. The highest BCUT2D eigenvalue weighted by atomic mass is 19.1. The van der Waals surface area contributed by atoms with Crippen molar-refractivity contribution in [1.82, 2.24) is 20.5 Å². The van der Waals surface area contributed by atoms with Crippen molar-refractivity contribution in [2.75, 3.05) is 33.4 Å². The molecule has 2 rings (SSSR count). The van der Waals surface area contributed by atoms with E-state index in [1.165, 1.54) is 4.90 Å². The Bertz CT molecular complexity index is 548. The number of urea groups is 1. The monoisotopic (exact) mass is 338 g/mol. The Labute approximate surface area is 140 Å². The molecule has 0 bridgehead atoms. The molecule has 1 aliphatic heterocycles. The van der Waals surface area contributed by atoms with Crippen LogP contribution in [0, 0.1) is 0 Å². The van der Waals surface area contributed by atoms with Gasteiger partial charge in [-0.3, -0.25) is 9.78 Å². The number of ether oxygens (including phenoxy) is 1. The SMILES string of the molecule is COCCNC(=O)N1CCC(F)(C(=O)NCc2ccncc2)CC1. The van der Waals surface area contributed by atoms with Gasteiger partial charge in [0, 0.05) is 58.5 Å². The first kappa shape index (κ1) is 18.1. The molecular weight excluding hydrogens is 315 g/mol. The first-order valence-electron chi connectivity index (χ1n) is 7.93. The van der Waals surface area contributed by atoms with Crippen LogP contribution in [0.3, 0.4) is 0 Å². The molecule has 24 heavy (non-hydrogen) atoms. The Hall–Kier alpha value is -2.22. The van der Waals surface area contributed by atoms with Crippen molar-refractivity contribution in [3.05, 3.63) is 30.1 Å². The highest BCUT2D eigenvalue weighted by Crippen LogP contribution is 2.27. The van der Waals surface area contributed by atoms with Crippen LogP contribution in [-0.2, 0) is 16.1 Å². The van der Waals surface area contributed by atoms with Crippen LogP contribution >= 0.6 is 0 Å². The van der Waals surface area contributed by atoms with Crippen molar-refractivity contribution in [1.29, 1.82) is 0 Å². The summed E-state index contributed by atoms with van der Waals surface area (Å²) in [6, 6.07) is 3.27. The molecule has 0 saturated carbocycles. The fourth-order valence-electron chi connectivity index (χ4n) is 2.50. The zero-order valence-electron chi connectivity index (χ0n) is 13.8. The molecule has 2 heterocycles. The van der Waals surface area contributed by atoms with E-state index in [0.29, 0.717) is 13.2 Å². The number of nitrogens with zero attached hydrogens (tertiary/aromatic N) is 2. The predicted molar refractivity (Wildman–Crippen MR) is 86.0 cm³/mol. The average Bonchev–Trinajstić information content (AvgIpc) is 2.61. The number of carbonyl (C=O) groups excluding carboxylic acids is 2. The van der Waals surface area contributed by atoms with E-state index >= 15 is 0 Å². The van der Waals surface area contributed by atoms with Gasteiger partial charge in [0.2, 0.25) is 0 Å². The van der Waals surface area contributed by atoms with Gasteiger partial charge in [0.1, 0.15) is 0 Å². The lowest BCUT2D eigenvalue weighted by Crippen LogP contribution is -2.54. The van der Waals surface area contributed by atoms with Crippen molar-refractivity contribution >= 4 is 11.9 Å². The number of methoxy groups -OCH3 is 1. The molecule has 0 aromatic carbocycles. The normalized spacial score (nSPS) is 16.5. The molecule has 0 radical (unpaired) electrons. The highest BCUT2D eigenvalue weighted by molar-refractivity contribution is 5.85. The molecule has 0 atom stereocenters. The number of amides is 3. The van der Waals surface area contributed by atoms with Gasteiger partial charge >= 0.3 is 6.03 Å². The minimum absolute atomic E-state index is 0.00707. The summed E-state index contributed by atoms with van der Waals surface area (Å²) in [4.78, 5) is 29.4. The molecule has 1 fully saturated rings. The van der Waals surface area contributed by atoms with E-state index in [2.05, 4.69) is 15.6 Å². The maximum absolute atomic E-state index is 14.8. The van der Waals surface area contributed by atoms with Crippen LogP contribution in [0.4, 0.5) is 9.18 Å². The van der Waals surface area contributed by atoms with Gasteiger partial charge in [0.15, 0.2) is 5.67 Å². The second-order valence-corrected chi connectivity index (χ2v) is 5.72. The van der Waals surface area contributed by atoms with Crippen LogP contribution in [0.25, 0.3) is 0 Å². The number of rotatable bonds is 6. The molecule has 7 nitrogen and oxygen atoms in total. The summed E-state index contributed by atoms with van der Waals surface area (Å²) in [6.07, 6.45) is 3.22. The third-order valence-corrected chi connectivity index (χ3v) is 4.03. The summed E-state index contributed by atoms with van der Waals surface area (Å²) in [6.45, 7) is 1.49. The lowest BCUT2D eigenvalue weighted by atomic mass is 9.92. The maximum Gasteiger partial charge on any atom is 0.317 e. The minimum atomic E-state index is -1.93. The van der Waals surface area contributed by atoms with E-state index < -0.39 is 11.6 Å². The van der Waals surface area contributed by atoms with Crippen molar-refractivity contribution in [3.8, 4) is 0 Å². The van der Waals surface area contributed by atoms with Gasteiger partial charge in [-0.1, -0.05) is 0 Å².